The lowest BCUT2D eigenvalue weighted by Crippen LogP contribution is -2.54. The first-order valence-corrected chi connectivity index (χ1v) is 10.4. The second-order valence-corrected chi connectivity index (χ2v) is 9.90. The Bertz CT molecular complexity index is 688. The lowest BCUT2D eigenvalue weighted by Gasteiger charge is -2.51. The molecule has 0 radical (unpaired) electrons. The average Bonchev–Trinajstić information content (AvgIpc) is 3.19. The summed E-state index contributed by atoms with van der Waals surface area (Å²) >= 11 is 0. The van der Waals surface area contributed by atoms with Gasteiger partial charge in [-0.3, -0.25) is 4.68 Å². The predicted octanol–water partition coefficient (Wildman–Crippen LogP) is 0.531. The molecule has 2 aliphatic heterocycles. The van der Waals surface area contributed by atoms with Crippen molar-refractivity contribution in [3.63, 3.8) is 0 Å². The number of carbonyl (C=O) groups excluding carboxylic acids is 1. The molecule has 1 aliphatic carbocycles. The SMILES string of the molecule is BC(B)(C)OC(=O)N1CCC2(CC(N3CCC(c4ccnn4C)CC3)C2)C1. The van der Waals surface area contributed by atoms with Crippen LogP contribution < -0.4 is 0 Å². The minimum atomic E-state index is -0.410. The van der Waals surface area contributed by atoms with E-state index < -0.39 is 5.40 Å². The van der Waals surface area contributed by atoms with Crippen molar-refractivity contribution in [2.45, 2.75) is 56.4 Å². The van der Waals surface area contributed by atoms with Crippen molar-refractivity contribution >= 4 is 21.8 Å². The zero-order chi connectivity index (χ0) is 19.2. The number of aromatic nitrogens is 2. The van der Waals surface area contributed by atoms with Gasteiger partial charge in [-0.15, -0.1) is 0 Å². The molecular formula is C19H32B2N4O2. The van der Waals surface area contributed by atoms with Crippen LogP contribution in [-0.2, 0) is 11.8 Å². The molecule has 4 rings (SSSR count). The summed E-state index contributed by atoms with van der Waals surface area (Å²) < 4.78 is 7.58. The molecule has 1 spiro atoms. The summed E-state index contributed by atoms with van der Waals surface area (Å²) in [6.45, 7) is 6.04. The number of ether oxygens (including phenoxy) is 1. The van der Waals surface area contributed by atoms with Crippen LogP contribution >= 0.6 is 0 Å². The van der Waals surface area contributed by atoms with Crippen LogP contribution in [-0.4, -0.2) is 79.0 Å². The number of hydrogen-bond donors (Lipinski definition) is 0. The second-order valence-electron chi connectivity index (χ2n) is 9.90. The molecule has 0 aromatic carbocycles. The predicted molar refractivity (Wildman–Crippen MR) is 110 cm³/mol. The normalized spacial score (nSPS) is 29.9. The molecule has 3 aliphatic rings. The van der Waals surface area contributed by atoms with Crippen LogP contribution in [0.5, 0.6) is 0 Å². The van der Waals surface area contributed by atoms with E-state index in [-0.39, 0.29) is 6.09 Å². The number of hydrogen-bond acceptors (Lipinski definition) is 4. The van der Waals surface area contributed by atoms with E-state index >= 15 is 0 Å². The largest absolute Gasteiger partial charge is 0.462 e. The second kappa shape index (κ2) is 6.87. The molecule has 8 heteroatoms. The van der Waals surface area contributed by atoms with Crippen LogP contribution in [0.3, 0.4) is 0 Å². The monoisotopic (exact) mass is 370 g/mol. The minimum absolute atomic E-state index is 0.139. The van der Waals surface area contributed by atoms with Gasteiger partial charge in [-0.05, 0) is 63.6 Å². The third-order valence-electron chi connectivity index (χ3n) is 6.75. The molecule has 3 heterocycles. The van der Waals surface area contributed by atoms with Gasteiger partial charge < -0.3 is 14.5 Å². The van der Waals surface area contributed by atoms with Gasteiger partial charge in [0, 0.05) is 49.4 Å². The Morgan fingerprint density at radius 2 is 2.00 bits per heavy atom. The third kappa shape index (κ3) is 3.91. The van der Waals surface area contributed by atoms with Crippen LogP contribution in [0.4, 0.5) is 4.79 Å². The summed E-state index contributed by atoms with van der Waals surface area (Å²) in [4.78, 5) is 16.9. The quantitative estimate of drug-likeness (QED) is 0.729. The van der Waals surface area contributed by atoms with Crippen LogP contribution in [0, 0.1) is 5.41 Å². The van der Waals surface area contributed by atoms with Crippen LogP contribution in [0.1, 0.15) is 50.6 Å². The molecular weight excluding hydrogens is 338 g/mol. The molecule has 0 N–H and O–H groups in total. The molecule has 0 unspecified atom stereocenters. The number of rotatable bonds is 3. The maximum absolute atomic E-state index is 12.3. The van der Waals surface area contributed by atoms with E-state index in [9.17, 15) is 4.79 Å². The molecule has 1 aromatic rings. The highest BCUT2D eigenvalue weighted by molar-refractivity contribution is 6.39. The first-order valence-electron chi connectivity index (χ1n) is 10.4. The number of likely N-dealkylation sites (tertiary alicyclic amines) is 2. The number of amides is 1. The average molecular weight is 370 g/mol. The molecule has 27 heavy (non-hydrogen) atoms. The fourth-order valence-electron chi connectivity index (χ4n) is 5.29. The molecule has 3 fully saturated rings. The Labute approximate surface area is 164 Å². The van der Waals surface area contributed by atoms with Crippen molar-refractivity contribution in [3.05, 3.63) is 18.0 Å². The van der Waals surface area contributed by atoms with Crippen molar-refractivity contribution in [1.82, 2.24) is 19.6 Å². The summed E-state index contributed by atoms with van der Waals surface area (Å²) in [6.07, 6.45) is 7.84. The first kappa shape index (κ1) is 18.9. The summed E-state index contributed by atoms with van der Waals surface area (Å²) in [6, 6.07) is 2.87. The summed E-state index contributed by atoms with van der Waals surface area (Å²) in [7, 11) is 5.92. The van der Waals surface area contributed by atoms with Crippen LogP contribution in [0.25, 0.3) is 0 Å². The standard InChI is InChI=1S/C19H32B2N4O2/c1-18(20,21)27-17(26)25-10-6-19(13-25)11-15(12-19)24-8-4-14(5-9-24)16-3-7-22-23(16)2/h3,7,14-15H,4-6,8-13,20-21H2,1-2H3. The summed E-state index contributed by atoms with van der Waals surface area (Å²) in [5.74, 6) is 0.650. The highest BCUT2D eigenvalue weighted by Crippen LogP contribution is 2.51. The number of piperidine rings is 1. The van der Waals surface area contributed by atoms with E-state index in [0.29, 0.717) is 17.4 Å². The number of aryl methyl sites for hydroxylation is 1. The Balaban J connectivity index is 1.25. The van der Waals surface area contributed by atoms with Crippen molar-refractivity contribution in [3.8, 4) is 0 Å². The smallest absolute Gasteiger partial charge is 0.408 e. The molecule has 1 saturated carbocycles. The van der Waals surface area contributed by atoms with E-state index in [1.165, 1.54) is 44.5 Å². The maximum atomic E-state index is 12.3. The highest BCUT2D eigenvalue weighted by Gasteiger charge is 2.51. The molecule has 6 nitrogen and oxygen atoms in total. The van der Waals surface area contributed by atoms with Crippen molar-refractivity contribution < 1.29 is 9.53 Å². The first-order chi connectivity index (χ1) is 12.7. The molecule has 1 aromatic heterocycles. The Hall–Kier alpha value is -1.43. The Morgan fingerprint density at radius 3 is 2.59 bits per heavy atom. The van der Waals surface area contributed by atoms with Crippen molar-refractivity contribution in [2.75, 3.05) is 26.2 Å². The molecule has 2 saturated heterocycles. The molecule has 0 bridgehead atoms. The van der Waals surface area contributed by atoms with Gasteiger partial charge in [0.1, 0.15) is 15.7 Å². The number of carbonyl (C=O) groups is 1. The fraction of sp³-hybridized carbons (Fsp3) is 0.789. The van der Waals surface area contributed by atoms with Crippen molar-refractivity contribution in [2.24, 2.45) is 12.5 Å². The minimum Gasteiger partial charge on any atom is -0.462 e. The third-order valence-corrected chi connectivity index (χ3v) is 6.75. The van der Waals surface area contributed by atoms with Gasteiger partial charge in [-0.1, -0.05) is 0 Å². The van der Waals surface area contributed by atoms with E-state index in [2.05, 4.69) is 16.1 Å². The van der Waals surface area contributed by atoms with Crippen molar-refractivity contribution in [1.29, 1.82) is 0 Å². The van der Waals surface area contributed by atoms with E-state index in [0.717, 1.165) is 19.5 Å². The Kier molecular flexibility index (Phi) is 4.81. The molecule has 146 valence electrons. The fourth-order valence-corrected chi connectivity index (χ4v) is 5.29. The van der Waals surface area contributed by atoms with E-state index in [1.807, 2.05) is 45.4 Å². The van der Waals surface area contributed by atoms with E-state index in [4.69, 9.17) is 4.74 Å². The zero-order valence-electron chi connectivity index (χ0n) is 17.3. The lowest BCUT2D eigenvalue weighted by molar-refractivity contribution is -0.00587. The van der Waals surface area contributed by atoms with E-state index in [1.54, 1.807) is 0 Å². The Morgan fingerprint density at radius 1 is 1.30 bits per heavy atom. The topological polar surface area (TPSA) is 50.6 Å². The van der Waals surface area contributed by atoms with Crippen LogP contribution in [0.15, 0.2) is 12.3 Å². The molecule has 0 atom stereocenters. The maximum Gasteiger partial charge on any atom is 0.408 e. The summed E-state index contributed by atoms with van der Waals surface area (Å²) in [5.41, 5.74) is 1.73. The van der Waals surface area contributed by atoms with Gasteiger partial charge in [-0.2, -0.15) is 5.10 Å². The van der Waals surface area contributed by atoms with Gasteiger partial charge in [0.25, 0.3) is 0 Å². The van der Waals surface area contributed by atoms with Gasteiger partial charge >= 0.3 is 6.09 Å². The van der Waals surface area contributed by atoms with Gasteiger partial charge in [0.2, 0.25) is 0 Å². The highest BCUT2D eigenvalue weighted by atomic mass is 16.6. The lowest BCUT2D eigenvalue weighted by atomic mass is 9.64. The number of nitrogens with zero attached hydrogens (tertiary/aromatic N) is 4. The van der Waals surface area contributed by atoms with Gasteiger partial charge in [0.15, 0.2) is 0 Å². The zero-order valence-corrected chi connectivity index (χ0v) is 17.3. The summed E-state index contributed by atoms with van der Waals surface area (Å²) in [5, 5.41) is 3.92. The van der Waals surface area contributed by atoms with Gasteiger partial charge in [0.05, 0.1) is 0 Å². The van der Waals surface area contributed by atoms with Gasteiger partial charge in [-0.25, -0.2) is 4.79 Å². The van der Waals surface area contributed by atoms with Crippen LogP contribution in [0.2, 0.25) is 0 Å². The molecule has 1 amide bonds.